The number of nitrogens with one attached hydrogen (secondary N) is 1. The van der Waals surface area contributed by atoms with Gasteiger partial charge in [-0.25, -0.2) is 0 Å². The number of thiophene rings is 1. The first-order valence-electron chi connectivity index (χ1n) is 9.58. The number of rotatable bonds is 4. The van der Waals surface area contributed by atoms with Crippen molar-refractivity contribution in [3.8, 4) is 0 Å². The van der Waals surface area contributed by atoms with Gasteiger partial charge in [-0.05, 0) is 74.9 Å². The Morgan fingerprint density at radius 1 is 1.23 bits per heavy atom. The monoisotopic (exact) mass is 369 g/mol. The fourth-order valence-corrected chi connectivity index (χ4v) is 4.94. The molecular formula is C21H27N3OS. The Morgan fingerprint density at radius 3 is 2.81 bits per heavy atom. The van der Waals surface area contributed by atoms with Gasteiger partial charge in [-0.15, -0.1) is 11.3 Å². The minimum absolute atomic E-state index is 0.0277. The van der Waals surface area contributed by atoms with E-state index < -0.39 is 0 Å². The van der Waals surface area contributed by atoms with Crippen LogP contribution in [0.2, 0.25) is 0 Å². The van der Waals surface area contributed by atoms with E-state index in [1.165, 1.54) is 42.8 Å². The molecule has 5 heteroatoms. The zero-order valence-corrected chi connectivity index (χ0v) is 16.4. The number of hydrogen-bond acceptors (Lipinski definition) is 4. The van der Waals surface area contributed by atoms with E-state index in [0.29, 0.717) is 6.04 Å². The second-order valence-corrected chi connectivity index (χ2v) is 8.50. The van der Waals surface area contributed by atoms with Crippen LogP contribution in [0.5, 0.6) is 0 Å². The van der Waals surface area contributed by atoms with Crippen LogP contribution in [-0.4, -0.2) is 42.5 Å². The van der Waals surface area contributed by atoms with E-state index in [2.05, 4.69) is 41.1 Å². The first-order chi connectivity index (χ1) is 12.6. The third-order valence-electron chi connectivity index (χ3n) is 5.81. The van der Waals surface area contributed by atoms with Crippen LogP contribution in [-0.2, 0) is 0 Å². The van der Waals surface area contributed by atoms with Gasteiger partial charge in [0, 0.05) is 36.5 Å². The van der Waals surface area contributed by atoms with Gasteiger partial charge >= 0.3 is 0 Å². The highest BCUT2D eigenvalue weighted by Crippen LogP contribution is 2.30. The van der Waals surface area contributed by atoms with Crippen molar-refractivity contribution < 1.29 is 4.79 Å². The smallest absolute Gasteiger partial charge is 0.265 e. The summed E-state index contributed by atoms with van der Waals surface area (Å²) in [5.41, 5.74) is 3.28. The molecule has 2 aromatic rings. The van der Waals surface area contributed by atoms with Crippen molar-refractivity contribution in [2.75, 3.05) is 29.9 Å². The van der Waals surface area contributed by atoms with Crippen LogP contribution in [0.1, 0.15) is 41.4 Å². The van der Waals surface area contributed by atoms with Gasteiger partial charge in [-0.3, -0.25) is 9.69 Å². The minimum Gasteiger partial charge on any atom is -0.370 e. The van der Waals surface area contributed by atoms with Crippen molar-refractivity contribution >= 4 is 28.6 Å². The lowest BCUT2D eigenvalue weighted by Crippen LogP contribution is -2.39. The normalized spacial score (nSPS) is 23.5. The molecule has 2 saturated heterocycles. The maximum absolute atomic E-state index is 12.3. The van der Waals surface area contributed by atoms with Crippen molar-refractivity contribution in [3.05, 3.63) is 46.2 Å². The summed E-state index contributed by atoms with van der Waals surface area (Å²) < 4.78 is 0. The van der Waals surface area contributed by atoms with Gasteiger partial charge in [0.2, 0.25) is 0 Å². The third kappa shape index (κ3) is 3.51. The van der Waals surface area contributed by atoms with Gasteiger partial charge in [0.15, 0.2) is 0 Å². The van der Waals surface area contributed by atoms with E-state index >= 15 is 0 Å². The molecule has 2 aliphatic heterocycles. The van der Waals surface area contributed by atoms with Gasteiger partial charge < -0.3 is 10.2 Å². The van der Waals surface area contributed by atoms with Crippen molar-refractivity contribution in [2.24, 2.45) is 0 Å². The number of amides is 1. The topological polar surface area (TPSA) is 35.6 Å². The largest absolute Gasteiger partial charge is 0.370 e. The summed E-state index contributed by atoms with van der Waals surface area (Å²) in [4.78, 5) is 18.2. The van der Waals surface area contributed by atoms with E-state index in [9.17, 15) is 4.79 Å². The standard InChI is InChI=1S/C21H27N3OS/c1-15-13-17(7-8-19(15)22-21(25)20-6-4-12-26-20)23-11-9-18(14-23)24-10-3-5-16(24)2/h4,6-8,12-13,16,18H,3,5,9-11,14H2,1-2H3,(H,22,25). The van der Waals surface area contributed by atoms with Crippen molar-refractivity contribution in [1.29, 1.82) is 0 Å². The van der Waals surface area contributed by atoms with Crippen LogP contribution in [0, 0.1) is 6.92 Å². The number of carbonyl (C=O) groups excluding carboxylic acids is 1. The van der Waals surface area contributed by atoms with Crippen molar-refractivity contribution in [1.82, 2.24) is 4.90 Å². The van der Waals surface area contributed by atoms with Crippen LogP contribution < -0.4 is 10.2 Å². The molecule has 2 aliphatic rings. The second kappa shape index (κ2) is 7.41. The Balaban J connectivity index is 1.42. The number of benzene rings is 1. The maximum atomic E-state index is 12.3. The second-order valence-electron chi connectivity index (χ2n) is 7.55. The lowest BCUT2D eigenvalue weighted by molar-refractivity contribution is 0.103. The van der Waals surface area contributed by atoms with Gasteiger partial charge in [-0.1, -0.05) is 6.07 Å². The molecule has 4 rings (SSSR count). The molecule has 2 fully saturated rings. The molecule has 3 heterocycles. The molecule has 2 atom stereocenters. The number of likely N-dealkylation sites (tertiary alicyclic amines) is 1. The molecule has 26 heavy (non-hydrogen) atoms. The number of aryl methyl sites for hydroxylation is 1. The fraction of sp³-hybridized carbons (Fsp3) is 0.476. The lowest BCUT2D eigenvalue weighted by Gasteiger charge is -2.28. The average molecular weight is 370 g/mol. The Labute approximate surface area is 159 Å². The van der Waals surface area contributed by atoms with Crippen LogP contribution in [0.15, 0.2) is 35.7 Å². The first-order valence-corrected chi connectivity index (χ1v) is 10.5. The summed E-state index contributed by atoms with van der Waals surface area (Å²) in [7, 11) is 0. The summed E-state index contributed by atoms with van der Waals surface area (Å²) in [6.07, 6.45) is 3.93. The zero-order valence-electron chi connectivity index (χ0n) is 15.6. The quantitative estimate of drug-likeness (QED) is 0.869. The van der Waals surface area contributed by atoms with Crippen LogP contribution >= 0.6 is 11.3 Å². The molecule has 0 spiro atoms. The zero-order chi connectivity index (χ0) is 18.1. The predicted molar refractivity (Wildman–Crippen MR) is 109 cm³/mol. The Kier molecular flexibility index (Phi) is 5.00. The number of nitrogens with zero attached hydrogens (tertiary/aromatic N) is 2. The summed E-state index contributed by atoms with van der Waals surface area (Å²) in [6, 6.07) is 11.6. The highest BCUT2D eigenvalue weighted by atomic mass is 32.1. The number of hydrogen-bond donors (Lipinski definition) is 1. The van der Waals surface area contributed by atoms with Crippen molar-refractivity contribution in [2.45, 2.75) is 45.2 Å². The van der Waals surface area contributed by atoms with Gasteiger partial charge in [0.25, 0.3) is 5.91 Å². The van der Waals surface area contributed by atoms with E-state index in [0.717, 1.165) is 35.3 Å². The maximum Gasteiger partial charge on any atom is 0.265 e. The Morgan fingerprint density at radius 2 is 2.12 bits per heavy atom. The molecule has 0 saturated carbocycles. The molecule has 138 valence electrons. The molecule has 4 nitrogen and oxygen atoms in total. The number of carbonyl (C=O) groups is 1. The van der Waals surface area contributed by atoms with E-state index in [4.69, 9.17) is 0 Å². The molecule has 2 unspecified atom stereocenters. The molecular weight excluding hydrogens is 342 g/mol. The molecule has 0 radical (unpaired) electrons. The van der Waals surface area contributed by atoms with Crippen LogP contribution in [0.3, 0.4) is 0 Å². The summed E-state index contributed by atoms with van der Waals surface area (Å²) >= 11 is 1.47. The summed E-state index contributed by atoms with van der Waals surface area (Å²) in [6.45, 7) is 7.93. The SMILES string of the molecule is Cc1cc(N2CCC(N3CCCC3C)C2)ccc1NC(=O)c1cccs1. The number of anilines is 2. The van der Waals surface area contributed by atoms with E-state index in [-0.39, 0.29) is 5.91 Å². The van der Waals surface area contributed by atoms with E-state index in [1.54, 1.807) is 0 Å². The van der Waals surface area contributed by atoms with Crippen LogP contribution in [0.4, 0.5) is 11.4 Å². The highest BCUT2D eigenvalue weighted by molar-refractivity contribution is 7.12. The summed E-state index contributed by atoms with van der Waals surface area (Å²) in [5.74, 6) is -0.0277. The first kappa shape index (κ1) is 17.6. The highest BCUT2D eigenvalue weighted by Gasteiger charge is 2.32. The molecule has 1 amide bonds. The molecule has 1 aromatic heterocycles. The Bertz CT molecular complexity index is 774. The van der Waals surface area contributed by atoms with Gasteiger partial charge in [0.05, 0.1) is 4.88 Å². The predicted octanol–water partition coefficient (Wildman–Crippen LogP) is 4.37. The molecule has 0 bridgehead atoms. The van der Waals surface area contributed by atoms with E-state index in [1.807, 2.05) is 23.6 Å². The summed E-state index contributed by atoms with van der Waals surface area (Å²) in [5, 5.41) is 4.96. The third-order valence-corrected chi connectivity index (χ3v) is 6.67. The average Bonchev–Trinajstić information content (AvgIpc) is 3.37. The Hall–Kier alpha value is -1.85. The van der Waals surface area contributed by atoms with Gasteiger partial charge in [-0.2, -0.15) is 0 Å². The fourth-order valence-electron chi connectivity index (χ4n) is 4.32. The lowest BCUT2D eigenvalue weighted by atomic mass is 10.1. The molecule has 1 N–H and O–H groups in total. The van der Waals surface area contributed by atoms with Gasteiger partial charge in [0.1, 0.15) is 0 Å². The van der Waals surface area contributed by atoms with Crippen LogP contribution in [0.25, 0.3) is 0 Å². The molecule has 0 aliphatic carbocycles. The minimum atomic E-state index is -0.0277. The van der Waals surface area contributed by atoms with Crippen molar-refractivity contribution in [3.63, 3.8) is 0 Å². The molecule has 1 aromatic carbocycles.